The van der Waals surface area contributed by atoms with Gasteiger partial charge in [-0.15, -0.1) is 6.58 Å². The molecule has 1 aromatic heterocycles. The average Bonchev–Trinajstić information content (AvgIpc) is 2.57. The van der Waals surface area contributed by atoms with E-state index in [0.717, 1.165) is 0 Å². The highest BCUT2D eigenvalue weighted by atomic mass is 16.6. The Balaban J connectivity index is 3.13. The molecule has 0 unspecified atom stereocenters. The SMILES string of the molecule is C=CC[C@H](CO)c1c([N+](=O)[O-])cnn1C. The highest BCUT2D eigenvalue weighted by Gasteiger charge is 2.25. The van der Waals surface area contributed by atoms with E-state index in [2.05, 4.69) is 11.7 Å². The van der Waals surface area contributed by atoms with Gasteiger partial charge in [0.1, 0.15) is 11.9 Å². The maximum Gasteiger partial charge on any atom is 0.310 e. The zero-order valence-corrected chi connectivity index (χ0v) is 8.46. The van der Waals surface area contributed by atoms with Gasteiger partial charge < -0.3 is 5.11 Å². The summed E-state index contributed by atoms with van der Waals surface area (Å²) in [6.07, 6.45) is 3.30. The molecule has 0 fully saturated rings. The quantitative estimate of drug-likeness (QED) is 0.447. The average molecular weight is 211 g/mol. The molecule has 0 saturated heterocycles. The second kappa shape index (κ2) is 4.70. The maximum atomic E-state index is 10.7. The van der Waals surface area contributed by atoms with Crippen molar-refractivity contribution in [1.29, 1.82) is 0 Å². The third-order valence-electron chi connectivity index (χ3n) is 2.22. The first-order chi connectivity index (χ1) is 7.11. The van der Waals surface area contributed by atoms with Crippen LogP contribution in [0, 0.1) is 10.1 Å². The fourth-order valence-corrected chi connectivity index (χ4v) is 1.52. The maximum absolute atomic E-state index is 10.7. The standard InChI is InChI=1S/C9H13N3O3/c1-3-4-7(6-13)9-8(12(14)15)5-10-11(9)2/h3,5,7,13H,1,4,6H2,2H3/t7-/m1/s1. The van der Waals surface area contributed by atoms with Gasteiger partial charge in [0, 0.05) is 13.0 Å². The second-order valence-electron chi connectivity index (χ2n) is 3.20. The Kier molecular flexibility index (Phi) is 3.56. The zero-order chi connectivity index (χ0) is 11.4. The molecule has 1 N–H and O–H groups in total. The van der Waals surface area contributed by atoms with Crippen LogP contribution in [-0.2, 0) is 7.05 Å². The number of aromatic nitrogens is 2. The normalized spacial score (nSPS) is 12.4. The van der Waals surface area contributed by atoms with Crippen molar-refractivity contribution in [1.82, 2.24) is 9.78 Å². The summed E-state index contributed by atoms with van der Waals surface area (Å²) >= 11 is 0. The van der Waals surface area contributed by atoms with Gasteiger partial charge in [0.2, 0.25) is 0 Å². The second-order valence-corrected chi connectivity index (χ2v) is 3.20. The molecule has 0 aliphatic heterocycles. The van der Waals surface area contributed by atoms with Gasteiger partial charge in [0.05, 0.1) is 11.5 Å². The van der Waals surface area contributed by atoms with Crippen LogP contribution < -0.4 is 0 Å². The highest BCUT2D eigenvalue weighted by Crippen LogP contribution is 2.27. The van der Waals surface area contributed by atoms with E-state index in [-0.39, 0.29) is 18.2 Å². The van der Waals surface area contributed by atoms with Gasteiger partial charge in [-0.05, 0) is 6.42 Å². The molecular formula is C9H13N3O3. The molecule has 0 radical (unpaired) electrons. The van der Waals surface area contributed by atoms with Crippen LogP contribution in [-0.4, -0.2) is 26.4 Å². The Morgan fingerprint density at radius 1 is 1.87 bits per heavy atom. The first kappa shape index (κ1) is 11.4. The molecular weight excluding hydrogens is 198 g/mol. The monoisotopic (exact) mass is 211 g/mol. The van der Waals surface area contributed by atoms with Gasteiger partial charge in [-0.3, -0.25) is 14.8 Å². The number of hydrogen-bond donors (Lipinski definition) is 1. The van der Waals surface area contributed by atoms with Crippen LogP contribution in [0.15, 0.2) is 18.9 Å². The highest BCUT2D eigenvalue weighted by molar-refractivity contribution is 5.36. The van der Waals surface area contributed by atoms with Gasteiger partial charge in [-0.25, -0.2) is 0 Å². The lowest BCUT2D eigenvalue weighted by molar-refractivity contribution is -0.385. The van der Waals surface area contributed by atoms with Crippen molar-refractivity contribution >= 4 is 5.69 Å². The summed E-state index contributed by atoms with van der Waals surface area (Å²) in [4.78, 5) is 10.2. The summed E-state index contributed by atoms with van der Waals surface area (Å²) in [5.74, 6) is -0.324. The van der Waals surface area contributed by atoms with Crippen molar-refractivity contribution in [2.45, 2.75) is 12.3 Å². The topological polar surface area (TPSA) is 81.2 Å². The van der Waals surface area contributed by atoms with Crippen molar-refractivity contribution in [2.24, 2.45) is 7.05 Å². The van der Waals surface area contributed by atoms with Gasteiger partial charge >= 0.3 is 5.69 Å². The molecule has 0 aliphatic rings. The molecule has 0 aliphatic carbocycles. The summed E-state index contributed by atoms with van der Waals surface area (Å²) in [7, 11) is 1.62. The lowest BCUT2D eigenvalue weighted by Crippen LogP contribution is -2.11. The molecule has 0 saturated carbocycles. The largest absolute Gasteiger partial charge is 0.396 e. The van der Waals surface area contributed by atoms with Gasteiger partial charge in [-0.2, -0.15) is 5.10 Å². The number of hydrogen-bond acceptors (Lipinski definition) is 4. The third-order valence-corrected chi connectivity index (χ3v) is 2.22. The smallest absolute Gasteiger partial charge is 0.310 e. The minimum Gasteiger partial charge on any atom is -0.396 e. The molecule has 6 heteroatoms. The molecule has 1 heterocycles. The summed E-state index contributed by atoms with van der Waals surface area (Å²) in [6.45, 7) is 3.39. The van der Waals surface area contributed by atoms with E-state index in [1.54, 1.807) is 13.1 Å². The van der Waals surface area contributed by atoms with Crippen LogP contribution in [0.25, 0.3) is 0 Å². The minimum atomic E-state index is -0.492. The molecule has 6 nitrogen and oxygen atoms in total. The Bertz CT molecular complexity index is 373. The van der Waals surface area contributed by atoms with Crippen LogP contribution >= 0.6 is 0 Å². The molecule has 0 aromatic carbocycles. The van der Waals surface area contributed by atoms with E-state index in [1.807, 2.05) is 0 Å². The predicted octanol–water partition coefficient (Wildman–Crippen LogP) is 0.980. The van der Waals surface area contributed by atoms with Crippen molar-refractivity contribution < 1.29 is 10.0 Å². The van der Waals surface area contributed by atoms with E-state index in [4.69, 9.17) is 5.11 Å². The third kappa shape index (κ3) is 2.21. The lowest BCUT2D eigenvalue weighted by atomic mass is 10.0. The minimum absolute atomic E-state index is 0.0570. The Morgan fingerprint density at radius 3 is 3.00 bits per heavy atom. The number of aryl methyl sites for hydroxylation is 1. The summed E-state index contributed by atoms with van der Waals surface area (Å²) < 4.78 is 1.42. The molecule has 0 amide bonds. The van der Waals surface area contributed by atoms with Crippen molar-refractivity contribution in [2.75, 3.05) is 6.61 Å². The molecule has 1 rings (SSSR count). The number of nitrogens with zero attached hydrogens (tertiary/aromatic N) is 3. The number of rotatable bonds is 5. The fraction of sp³-hybridized carbons (Fsp3) is 0.444. The van der Waals surface area contributed by atoms with E-state index >= 15 is 0 Å². The van der Waals surface area contributed by atoms with Crippen LogP contribution in [0.5, 0.6) is 0 Å². The number of aliphatic hydroxyl groups is 1. The molecule has 0 spiro atoms. The van der Waals surface area contributed by atoms with E-state index in [1.165, 1.54) is 10.9 Å². The van der Waals surface area contributed by atoms with E-state index in [0.29, 0.717) is 12.1 Å². The zero-order valence-electron chi connectivity index (χ0n) is 8.46. The van der Waals surface area contributed by atoms with Crippen LogP contribution in [0.4, 0.5) is 5.69 Å². The lowest BCUT2D eigenvalue weighted by Gasteiger charge is -2.11. The number of nitro groups is 1. The summed E-state index contributed by atoms with van der Waals surface area (Å²) in [5.41, 5.74) is 0.376. The number of allylic oxidation sites excluding steroid dienone is 1. The van der Waals surface area contributed by atoms with Gasteiger partial charge in [-0.1, -0.05) is 6.08 Å². The Morgan fingerprint density at radius 2 is 2.53 bits per heavy atom. The van der Waals surface area contributed by atoms with Gasteiger partial charge in [0.15, 0.2) is 0 Å². The van der Waals surface area contributed by atoms with Crippen molar-refractivity contribution in [3.63, 3.8) is 0 Å². The van der Waals surface area contributed by atoms with Crippen molar-refractivity contribution in [3.05, 3.63) is 34.7 Å². The van der Waals surface area contributed by atoms with Crippen molar-refractivity contribution in [3.8, 4) is 0 Å². The fourth-order valence-electron chi connectivity index (χ4n) is 1.52. The van der Waals surface area contributed by atoms with Crippen LogP contribution in [0.1, 0.15) is 18.0 Å². The molecule has 82 valence electrons. The Labute approximate surface area is 87.0 Å². The first-order valence-corrected chi connectivity index (χ1v) is 4.49. The molecule has 0 bridgehead atoms. The molecule has 1 aromatic rings. The molecule has 15 heavy (non-hydrogen) atoms. The van der Waals surface area contributed by atoms with Gasteiger partial charge in [0.25, 0.3) is 0 Å². The van der Waals surface area contributed by atoms with E-state index in [9.17, 15) is 10.1 Å². The molecule has 1 atom stereocenters. The summed E-state index contributed by atoms with van der Waals surface area (Å²) in [5, 5.41) is 23.7. The predicted molar refractivity (Wildman–Crippen MR) is 54.5 cm³/mol. The van der Waals surface area contributed by atoms with E-state index < -0.39 is 4.92 Å². The number of aliphatic hydroxyl groups excluding tert-OH is 1. The summed E-state index contributed by atoms with van der Waals surface area (Å²) in [6, 6.07) is 0. The van der Waals surface area contributed by atoms with Crippen LogP contribution in [0.3, 0.4) is 0 Å². The first-order valence-electron chi connectivity index (χ1n) is 4.49. The van der Waals surface area contributed by atoms with Crippen LogP contribution in [0.2, 0.25) is 0 Å². The Hall–Kier alpha value is -1.69.